The van der Waals surface area contributed by atoms with Crippen molar-refractivity contribution in [1.29, 1.82) is 0 Å². The molecule has 1 aliphatic heterocycles. The van der Waals surface area contributed by atoms with Gasteiger partial charge in [0.25, 0.3) is 0 Å². The highest BCUT2D eigenvalue weighted by Gasteiger charge is 2.15. The normalized spacial score (nSPS) is 22.3. The van der Waals surface area contributed by atoms with Gasteiger partial charge in [-0.05, 0) is 49.4 Å². The Labute approximate surface area is 84.3 Å². The molecule has 0 saturated carbocycles. The summed E-state index contributed by atoms with van der Waals surface area (Å²) in [4.78, 5) is 0. The van der Waals surface area contributed by atoms with Gasteiger partial charge in [-0.15, -0.1) is 0 Å². The first-order valence-corrected chi connectivity index (χ1v) is 5.24. The molecule has 1 aromatic rings. The fourth-order valence-electron chi connectivity index (χ4n) is 2.06. The average molecular weight is 193 g/mol. The van der Waals surface area contributed by atoms with Crippen LogP contribution in [0.25, 0.3) is 0 Å². The maximum absolute atomic E-state index is 13.1. The van der Waals surface area contributed by atoms with Crippen LogP contribution in [0.1, 0.15) is 29.9 Å². The second kappa shape index (κ2) is 4.09. The van der Waals surface area contributed by atoms with Crippen LogP contribution in [0.3, 0.4) is 0 Å². The van der Waals surface area contributed by atoms with Crippen LogP contribution in [-0.4, -0.2) is 13.1 Å². The zero-order valence-electron chi connectivity index (χ0n) is 8.52. The van der Waals surface area contributed by atoms with E-state index in [1.165, 1.54) is 18.4 Å². The Morgan fingerprint density at radius 3 is 2.93 bits per heavy atom. The Bertz CT molecular complexity index is 316. The van der Waals surface area contributed by atoms with Gasteiger partial charge in [-0.3, -0.25) is 0 Å². The van der Waals surface area contributed by atoms with E-state index in [-0.39, 0.29) is 5.82 Å². The second-order valence-electron chi connectivity index (χ2n) is 4.05. The van der Waals surface area contributed by atoms with Crippen LogP contribution in [0.4, 0.5) is 4.39 Å². The number of hydrogen-bond donors (Lipinski definition) is 1. The van der Waals surface area contributed by atoms with E-state index in [1.807, 2.05) is 19.1 Å². The van der Waals surface area contributed by atoms with Crippen LogP contribution < -0.4 is 5.32 Å². The van der Waals surface area contributed by atoms with Gasteiger partial charge >= 0.3 is 0 Å². The first kappa shape index (κ1) is 9.66. The molecule has 14 heavy (non-hydrogen) atoms. The molecule has 0 spiro atoms. The number of halogens is 1. The Kier molecular flexibility index (Phi) is 2.82. The number of benzene rings is 1. The van der Waals surface area contributed by atoms with Crippen molar-refractivity contribution in [1.82, 2.24) is 5.32 Å². The van der Waals surface area contributed by atoms with Gasteiger partial charge in [0, 0.05) is 6.54 Å². The van der Waals surface area contributed by atoms with Gasteiger partial charge in [0.15, 0.2) is 0 Å². The van der Waals surface area contributed by atoms with Crippen molar-refractivity contribution in [2.75, 3.05) is 13.1 Å². The highest BCUT2D eigenvalue weighted by atomic mass is 19.1. The van der Waals surface area contributed by atoms with E-state index in [9.17, 15) is 4.39 Å². The van der Waals surface area contributed by atoms with Crippen molar-refractivity contribution >= 4 is 0 Å². The van der Waals surface area contributed by atoms with Gasteiger partial charge in [0.05, 0.1) is 0 Å². The van der Waals surface area contributed by atoms with E-state index in [0.29, 0.717) is 5.92 Å². The molecule has 1 heterocycles. The molecule has 1 aliphatic rings. The molecule has 1 saturated heterocycles. The predicted octanol–water partition coefficient (Wildman–Crippen LogP) is 2.60. The summed E-state index contributed by atoms with van der Waals surface area (Å²) < 4.78 is 13.1. The average Bonchev–Trinajstić information content (AvgIpc) is 2.23. The highest BCUT2D eigenvalue weighted by molar-refractivity contribution is 5.27. The Hall–Kier alpha value is -0.890. The lowest BCUT2D eigenvalue weighted by molar-refractivity contribution is 0.461. The molecule has 0 aromatic heterocycles. The van der Waals surface area contributed by atoms with E-state index in [4.69, 9.17) is 0 Å². The molecule has 0 unspecified atom stereocenters. The van der Waals surface area contributed by atoms with Crippen LogP contribution >= 0.6 is 0 Å². The summed E-state index contributed by atoms with van der Waals surface area (Å²) in [5.41, 5.74) is 2.03. The number of rotatable bonds is 1. The lowest BCUT2D eigenvalue weighted by Gasteiger charge is -2.23. The molecular formula is C12H16FN. The molecule has 1 fully saturated rings. The minimum atomic E-state index is -0.0995. The smallest absolute Gasteiger partial charge is 0.126 e. The molecule has 2 heteroatoms. The summed E-state index contributed by atoms with van der Waals surface area (Å²) >= 11 is 0. The Balaban J connectivity index is 2.18. The summed E-state index contributed by atoms with van der Waals surface area (Å²) in [6.45, 7) is 3.98. The van der Waals surface area contributed by atoms with E-state index in [0.717, 1.165) is 18.7 Å². The van der Waals surface area contributed by atoms with Crippen molar-refractivity contribution in [3.8, 4) is 0 Å². The van der Waals surface area contributed by atoms with Crippen molar-refractivity contribution in [2.24, 2.45) is 0 Å². The molecule has 1 atom stereocenters. The fraction of sp³-hybridized carbons (Fsp3) is 0.500. The van der Waals surface area contributed by atoms with Crippen molar-refractivity contribution in [3.63, 3.8) is 0 Å². The molecule has 2 rings (SSSR count). The monoisotopic (exact) mass is 193 g/mol. The first-order chi connectivity index (χ1) is 6.77. The quantitative estimate of drug-likeness (QED) is 0.723. The minimum Gasteiger partial charge on any atom is -0.316 e. The molecule has 0 bridgehead atoms. The zero-order chi connectivity index (χ0) is 9.97. The largest absolute Gasteiger partial charge is 0.316 e. The minimum absolute atomic E-state index is 0.0995. The molecule has 0 aliphatic carbocycles. The topological polar surface area (TPSA) is 12.0 Å². The summed E-state index contributed by atoms with van der Waals surface area (Å²) in [5.74, 6) is 0.473. The van der Waals surface area contributed by atoms with Crippen molar-refractivity contribution < 1.29 is 4.39 Å². The second-order valence-corrected chi connectivity index (χ2v) is 4.05. The van der Waals surface area contributed by atoms with E-state index in [2.05, 4.69) is 5.32 Å². The summed E-state index contributed by atoms with van der Waals surface area (Å²) in [7, 11) is 0. The molecule has 1 aromatic carbocycles. The van der Waals surface area contributed by atoms with Gasteiger partial charge < -0.3 is 5.32 Å². The SMILES string of the molecule is Cc1cc([C@@H]2CCCNC2)ccc1F. The fourth-order valence-corrected chi connectivity index (χ4v) is 2.06. The Morgan fingerprint density at radius 1 is 1.43 bits per heavy atom. The maximum Gasteiger partial charge on any atom is 0.126 e. The molecule has 1 N–H and O–H groups in total. The highest BCUT2D eigenvalue weighted by Crippen LogP contribution is 2.24. The third-order valence-electron chi connectivity index (χ3n) is 2.95. The van der Waals surface area contributed by atoms with E-state index in [1.54, 1.807) is 6.07 Å². The van der Waals surface area contributed by atoms with Crippen LogP contribution in [0.2, 0.25) is 0 Å². The van der Waals surface area contributed by atoms with Gasteiger partial charge in [-0.25, -0.2) is 4.39 Å². The van der Waals surface area contributed by atoms with Gasteiger partial charge in [-0.1, -0.05) is 12.1 Å². The van der Waals surface area contributed by atoms with E-state index >= 15 is 0 Å². The molecule has 0 radical (unpaired) electrons. The van der Waals surface area contributed by atoms with E-state index < -0.39 is 0 Å². The van der Waals surface area contributed by atoms with Crippen LogP contribution in [0, 0.1) is 12.7 Å². The van der Waals surface area contributed by atoms with Crippen molar-refractivity contribution in [2.45, 2.75) is 25.7 Å². The maximum atomic E-state index is 13.1. The molecule has 0 amide bonds. The predicted molar refractivity (Wildman–Crippen MR) is 56.0 cm³/mol. The van der Waals surface area contributed by atoms with Gasteiger partial charge in [0.2, 0.25) is 0 Å². The van der Waals surface area contributed by atoms with Crippen LogP contribution in [0.5, 0.6) is 0 Å². The van der Waals surface area contributed by atoms with Gasteiger partial charge in [-0.2, -0.15) is 0 Å². The van der Waals surface area contributed by atoms with Crippen LogP contribution in [-0.2, 0) is 0 Å². The molecule has 1 nitrogen and oxygen atoms in total. The Morgan fingerprint density at radius 2 is 2.29 bits per heavy atom. The first-order valence-electron chi connectivity index (χ1n) is 5.24. The number of hydrogen-bond acceptors (Lipinski definition) is 1. The third-order valence-corrected chi connectivity index (χ3v) is 2.95. The van der Waals surface area contributed by atoms with Crippen LogP contribution in [0.15, 0.2) is 18.2 Å². The number of aryl methyl sites for hydroxylation is 1. The molecular weight excluding hydrogens is 177 g/mol. The number of nitrogens with one attached hydrogen (secondary N) is 1. The standard InChI is InChI=1S/C12H16FN/c1-9-7-10(4-5-12(9)13)11-3-2-6-14-8-11/h4-5,7,11,14H,2-3,6,8H2,1H3/t11-/m1/s1. The zero-order valence-corrected chi connectivity index (χ0v) is 8.52. The summed E-state index contributed by atoms with van der Waals surface area (Å²) in [5, 5.41) is 3.37. The van der Waals surface area contributed by atoms with Crippen molar-refractivity contribution in [3.05, 3.63) is 35.1 Å². The lowest BCUT2D eigenvalue weighted by Crippen LogP contribution is -2.28. The van der Waals surface area contributed by atoms with Gasteiger partial charge in [0.1, 0.15) is 5.82 Å². The summed E-state index contributed by atoms with van der Waals surface area (Å²) in [6.07, 6.45) is 2.44. The molecule has 76 valence electrons. The summed E-state index contributed by atoms with van der Waals surface area (Å²) in [6, 6.07) is 5.48. The lowest BCUT2D eigenvalue weighted by atomic mass is 9.91. The third kappa shape index (κ3) is 1.95. The number of piperidine rings is 1.